The Morgan fingerprint density at radius 1 is 0.895 bits per heavy atom. The van der Waals surface area contributed by atoms with E-state index in [2.05, 4.69) is 34.9 Å². The molecule has 0 saturated carbocycles. The zero-order chi connectivity index (χ0) is 12.9. The van der Waals surface area contributed by atoms with Gasteiger partial charge in [-0.15, -0.1) is 0 Å². The molecular formula is C17H26N2. The number of hydrogen-bond donors (Lipinski definition) is 2. The second-order valence-electron chi connectivity index (χ2n) is 6.20. The van der Waals surface area contributed by atoms with E-state index in [0.29, 0.717) is 0 Å². The molecule has 19 heavy (non-hydrogen) atoms. The van der Waals surface area contributed by atoms with Crippen LogP contribution in [0.1, 0.15) is 42.7 Å². The molecule has 3 rings (SSSR count). The van der Waals surface area contributed by atoms with E-state index in [0.717, 1.165) is 18.4 Å². The van der Waals surface area contributed by atoms with Crippen molar-refractivity contribution < 1.29 is 0 Å². The maximum absolute atomic E-state index is 3.51. The van der Waals surface area contributed by atoms with Gasteiger partial charge in [0.25, 0.3) is 0 Å². The molecule has 2 saturated heterocycles. The molecule has 2 aliphatic heterocycles. The number of hydrogen-bond acceptors (Lipinski definition) is 2. The number of rotatable bonds is 3. The Morgan fingerprint density at radius 2 is 1.63 bits per heavy atom. The Kier molecular flexibility index (Phi) is 4.52. The molecule has 0 spiro atoms. The normalized spacial score (nSPS) is 28.2. The standard InChI is InChI=1S/C17H26N2/c1-3-15(12-18-9-1)11-14-5-7-16(8-6-14)17-4-2-10-19-13-17/h5-8,15,17-19H,1-4,9-13H2. The molecule has 2 unspecified atom stereocenters. The van der Waals surface area contributed by atoms with Crippen LogP contribution in [0.3, 0.4) is 0 Å². The van der Waals surface area contributed by atoms with Crippen molar-refractivity contribution in [3.8, 4) is 0 Å². The summed E-state index contributed by atoms with van der Waals surface area (Å²) in [5.41, 5.74) is 3.04. The first-order valence-electron chi connectivity index (χ1n) is 7.92. The molecule has 2 nitrogen and oxygen atoms in total. The van der Waals surface area contributed by atoms with E-state index < -0.39 is 0 Å². The van der Waals surface area contributed by atoms with Crippen molar-refractivity contribution in [3.63, 3.8) is 0 Å². The van der Waals surface area contributed by atoms with Crippen LogP contribution in [-0.2, 0) is 6.42 Å². The van der Waals surface area contributed by atoms with Crippen LogP contribution in [0, 0.1) is 5.92 Å². The Labute approximate surface area is 117 Å². The van der Waals surface area contributed by atoms with Gasteiger partial charge in [0.05, 0.1) is 0 Å². The number of piperidine rings is 2. The molecule has 0 aromatic heterocycles. The smallest absolute Gasteiger partial charge is 0.00201 e. The molecule has 1 aromatic carbocycles. The summed E-state index contributed by atoms with van der Waals surface area (Å²) in [7, 11) is 0. The Morgan fingerprint density at radius 3 is 2.26 bits per heavy atom. The topological polar surface area (TPSA) is 24.1 Å². The molecule has 0 aliphatic carbocycles. The van der Waals surface area contributed by atoms with Crippen molar-refractivity contribution in [1.82, 2.24) is 10.6 Å². The summed E-state index contributed by atoms with van der Waals surface area (Å²) in [5, 5.41) is 7.02. The van der Waals surface area contributed by atoms with E-state index in [1.165, 1.54) is 62.9 Å². The maximum Gasteiger partial charge on any atom is 0.00201 e. The zero-order valence-electron chi connectivity index (χ0n) is 11.8. The van der Waals surface area contributed by atoms with Crippen LogP contribution in [0.15, 0.2) is 24.3 Å². The minimum Gasteiger partial charge on any atom is -0.316 e. The van der Waals surface area contributed by atoms with Crippen LogP contribution >= 0.6 is 0 Å². The molecule has 2 N–H and O–H groups in total. The van der Waals surface area contributed by atoms with E-state index >= 15 is 0 Å². The quantitative estimate of drug-likeness (QED) is 0.871. The summed E-state index contributed by atoms with van der Waals surface area (Å²) < 4.78 is 0. The number of benzene rings is 1. The highest BCUT2D eigenvalue weighted by atomic mass is 14.9. The minimum atomic E-state index is 0.735. The lowest BCUT2D eigenvalue weighted by Gasteiger charge is -2.24. The highest BCUT2D eigenvalue weighted by Crippen LogP contribution is 2.24. The predicted molar refractivity (Wildman–Crippen MR) is 80.6 cm³/mol. The van der Waals surface area contributed by atoms with Crippen LogP contribution < -0.4 is 10.6 Å². The highest BCUT2D eigenvalue weighted by molar-refractivity contribution is 5.26. The summed E-state index contributed by atoms with van der Waals surface area (Å²) in [6, 6.07) is 9.45. The minimum absolute atomic E-state index is 0.735. The summed E-state index contributed by atoms with van der Waals surface area (Å²) in [6.45, 7) is 4.77. The molecule has 2 aliphatic rings. The van der Waals surface area contributed by atoms with E-state index in [1.54, 1.807) is 0 Å². The van der Waals surface area contributed by atoms with Gasteiger partial charge in [0.15, 0.2) is 0 Å². The summed E-state index contributed by atoms with van der Waals surface area (Å²) in [6.07, 6.45) is 6.65. The van der Waals surface area contributed by atoms with Gasteiger partial charge in [-0.1, -0.05) is 24.3 Å². The fourth-order valence-electron chi connectivity index (χ4n) is 3.49. The van der Waals surface area contributed by atoms with Gasteiger partial charge in [0.2, 0.25) is 0 Å². The Hall–Kier alpha value is -0.860. The van der Waals surface area contributed by atoms with Crippen LogP contribution in [0.25, 0.3) is 0 Å². The van der Waals surface area contributed by atoms with Gasteiger partial charge in [-0.25, -0.2) is 0 Å². The molecule has 0 bridgehead atoms. The predicted octanol–water partition coefficient (Wildman–Crippen LogP) is 2.70. The second kappa shape index (κ2) is 6.53. The molecule has 0 amide bonds. The van der Waals surface area contributed by atoms with Gasteiger partial charge in [0, 0.05) is 6.54 Å². The van der Waals surface area contributed by atoms with Gasteiger partial charge in [-0.05, 0) is 74.7 Å². The lowest BCUT2D eigenvalue weighted by Crippen LogP contribution is -2.30. The second-order valence-corrected chi connectivity index (χ2v) is 6.20. The Bertz CT molecular complexity index is 373. The van der Waals surface area contributed by atoms with E-state index in [9.17, 15) is 0 Å². The molecule has 2 heterocycles. The summed E-state index contributed by atoms with van der Waals surface area (Å²) in [5.74, 6) is 1.58. The van der Waals surface area contributed by atoms with Gasteiger partial charge in [0.1, 0.15) is 0 Å². The van der Waals surface area contributed by atoms with E-state index in [-0.39, 0.29) is 0 Å². The molecule has 0 radical (unpaired) electrons. The van der Waals surface area contributed by atoms with Crippen LogP contribution in [0.2, 0.25) is 0 Å². The molecule has 2 heteroatoms. The van der Waals surface area contributed by atoms with E-state index in [1.807, 2.05) is 0 Å². The van der Waals surface area contributed by atoms with Crippen molar-refractivity contribution in [2.24, 2.45) is 5.92 Å². The average Bonchev–Trinajstić information content (AvgIpc) is 2.50. The largest absolute Gasteiger partial charge is 0.316 e. The monoisotopic (exact) mass is 258 g/mol. The average molecular weight is 258 g/mol. The van der Waals surface area contributed by atoms with Gasteiger partial charge in [-0.3, -0.25) is 0 Å². The van der Waals surface area contributed by atoms with Gasteiger partial charge in [-0.2, -0.15) is 0 Å². The van der Waals surface area contributed by atoms with Crippen molar-refractivity contribution >= 4 is 0 Å². The molecule has 2 fully saturated rings. The fraction of sp³-hybridized carbons (Fsp3) is 0.647. The molecule has 104 valence electrons. The third-order valence-electron chi connectivity index (χ3n) is 4.67. The van der Waals surface area contributed by atoms with Gasteiger partial charge < -0.3 is 10.6 Å². The summed E-state index contributed by atoms with van der Waals surface area (Å²) >= 11 is 0. The van der Waals surface area contributed by atoms with E-state index in [4.69, 9.17) is 0 Å². The highest BCUT2D eigenvalue weighted by Gasteiger charge is 2.16. The van der Waals surface area contributed by atoms with Crippen molar-refractivity contribution in [2.75, 3.05) is 26.2 Å². The van der Waals surface area contributed by atoms with Crippen molar-refractivity contribution in [1.29, 1.82) is 0 Å². The van der Waals surface area contributed by atoms with Crippen LogP contribution in [-0.4, -0.2) is 26.2 Å². The van der Waals surface area contributed by atoms with Crippen LogP contribution in [0.5, 0.6) is 0 Å². The summed E-state index contributed by atoms with van der Waals surface area (Å²) in [4.78, 5) is 0. The van der Waals surface area contributed by atoms with Gasteiger partial charge >= 0.3 is 0 Å². The fourth-order valence-corrected chi connectivity index (χ4v) is 3.49. The molecular weight excluding hydrogens is 232 g/mol. The lowest BCUT2D eigenvalue weighted by atomic mass is 9.88. The molecule has 1 aromatic rings. The first-order valence-corrected chi connectivity index (χ1v) is 7.92. The number of nitrogens with one attached hydrogen (secondary N) is 2. The first kappa shape index (κ1) is 13.1. The van der Waals surface area contributed by atoms with Crippen LogP contribution in [0.4, 0.5) is 0 Å². The molecule has 2 atom stereocenters. The zero-order valence-corrected chi connectivity index (χ0v) is 11.8. The Balaban J connectivity index is 1.58. The third-order valence-corrected chi connectivity index (χ3v) is 4.67. The third kappa shape index (κ3) is 3.58. The van der Waals surface area contributed by atoms with Crippen molar-refractivity contribution in [3.05, 3.63) is 35.4 Å². The first-order chi connectivity index (χ1) is 9.42. The SMILES string of the molecule is c1cc(C2CCCNC2)ccc1CC1CCCNC1. The maximum atomic E-state index is 3.51. The lowest BCUT2D eigenvalue weighted by molar-refractivity contribution is 0.376. The van der Waals surface area contributed by atoms with Crippen molar-refractivity contribution in [2.45, 2.75) is 38.0 Å².